The number of halogens is 1. The van der Waals surface area contributed by atoms with Gasteiger partial charge in [-0.2, -0.15) is 0 Å². The summed E-state index contributed by atoms with van der Waals surface area (Å²) in [7, 11) is 1.83. The molecule has 21 heavy (non-hydrogen) atoms. The molecule has 0 bridgehead atoms. The predicted octanol–water partition coefficient (Wildman–Crippen LogP) is 4.09. The number of anilines is 1. The van der Waals surface area contributed by atoms with Crippen molar-refractivity contribution in [3.63, 3.8) is 0 Å². The molecule has 1 heterocycles. The van der Waals surface area contributed by atoms with Crippen LogP contribution in [-0.4, -0.2) is 17.0 Å². The highest BCUT2D eigenvalue weighted by Crippen LogP contribution is 2.28. The third kappa shape index (κ3) is 2.33. The van der Waals surface area contributed by atoms with Crippen LogP contribution >= 0.6 is 0 Å². The van der Waals surface area contributed by atoms with Gasteiger partial charge in [-0.25, -0.2) is 14.4 Å². The standard InChI is InChI=1S/C17H16FN3/c1-10-7-8-12(18)9-14(10)17-20-15-11(2)5-4-6-13(15)16(19-3)21-17/h4-9H,1-3H3,(H,19,20,21). The summed E-state index contributed by atoms with van der Waals surface area (Å²) in [4.78, 5) is 9.18. The second-order valence-electron chi connectivity index (χ2n) is 5.08. The molecule has 0 saturated carbocycles. The lowest BCUT2D eigenvalue weighted by molar-refractivity contribution is 0.628. The maximum absolute atomic E-state index is 13.5. The van der Waals surface area contributed by atoms with Gasteiger partial charge >= 0.3 is 0 Å². The molecule has 1 N–H and O–H groups in total. The zero-order chi connectivity index (χ0) is 15.0. The molecule has 3 aromatic rings. The van der Waals surface area contributed by atoms with Crippen LogP contribution in [0.25, 0.3) is 22.3 Å². The zero-order valence-corrected chi connectivity index (χ0v) is 12.2. The molecule has 3 nitrogen and oxygen atoms in total. The molecule has 0 aliphatic carbocycles. The van der Waals surface area contributed by atoms with E-state index in [1.165, 1.54) is 12.1 Å². The average Bonchev–Trinajstić information content (AvgIpc) is 2.49. The fraction of sp³-hybridized carbons (Fsp3) is 0.176. The van der Waals surface area contributed by atoms with Gasteiger partial charge in [-0.3, -0.25) is 0 Å². The normalized spacial score (nSPS) is 10.9. The van der Waals surface area contributed by atoms with Crippen LogP contribution in [0.15, 0.2) is 36.4 Å². The molecule has 3 rings (SSSR count). The Labute approximate surface area is 122 Å². The van der Waals surface area contributed by atoms with Crippen molar-refractivity contribution in [2.75, 3.05) is 12.4 Å². The van der Waals surface area contributed by atoms with E-state index in [1.54, 1.807) is 6.07 Å². The van der Waals surface area contributed by atoms with Crippen LogP contribution in [0, 0.1) is 19.7 Å². The molecular formula is C17H16FN3. The minimum Gasteiger partial charge on any atom is -0.373 e. The van der Waals surface area contributed by atoms with Gasteiger partial charge in [0.1, 0.15) is 11.6 Å². The van der Waals surface area contributed by atoms with Crippen LogP contribution in [0.5, 0.6) is 0 Å². The molecule has 0 amide bonds. The molecule has 2 aromatic carbocycles. The Hall–Kier alpha value is -2.49. The molecule has 0 aliphatic rings. The number of nitrogens with one attached hydrogen (secondary N) is 1. The first kappa shape index (κ1) is 13.5. The highest BCUT2D eigenvalue weighted by molar-refractivity contribution is 5.92. The van der Waals surface area contributed by atoms with Gasteiger partial charge in [0.15, 0.2) is 5.82 Å². The number of para-hydroxylation sites is 1. The molecule has 0 aliphatic heterocycles. The van der Waals surface area contributed by atoms with Gasteiger partial charge in [0.2, 0.25) is 0 Å². The molecule has 0 unspecified atom stereocenters. The number of aryl methyl sites for hydroxylation is 2. The van der Waals surface area contributed by atoms with E-state index in [0.29, 0.717) is 5.82 Å². The lowest BCUT2D eigenvalue weighted by Gasteiger charge is -2.11. The largest absolute Gasteiger partial charge is 0.373 e. The molecule has 0 spiro atoms. The zero-order valence-electron chi connectivity index (χ0n) is 12.2. The van der Waals surface area contributed by atoms with E-state index in [0.717, 1.165) is 33.4 Å². The van der Waals surface area contributed by atoms with Gasteiger partial charge in [0.25, 0.3) is 0 Å². The van der Waals surface area contributed by atoms with Crippen LogP contribution in [0.2, 0.25) is 0 Å². The minimum atomic E-state index is -0.282. The number of benzene rings is 2. The predicted molar refractivity (Wildman–Crippen MR) is 84.0 cm³/mol. The third-order valence-electron chi connectivity index (χ3n) is 3.61. The Kier molecular flexibility index (Phi) is 3.29. The van der Waals surface area contributed by atoms with Crippen LogP contribution < -0.4 is 5.32 Å². The number of aromatic nitrogens is 2. The van der Waals surface area contributed by atoms with Gasteiger partial charge in [0.05, 0.1) is 5.52 Å². The van der Waals surface area contributed by atoms with Crippen molar-refractivity contribution in [1.29, 1.82) is 0 Å². The number of rotatable bonds is 2. The first-order chi connectivity index (χ1) is 10.1. The monoisotopic (exact) mass is 281 g/mol. The van der Waals surface area contributed by atoms with Crippen LogP contribution in [-0.2, 0) is 0 Å². The van der Waals surface area contributed by atoms with Crippen molar-refractivity contribution in [3.05, 3.63) is 53.3 Å². The summed E-state index contributed by atoms with van der Waals surface area (Å²) in [6, 6.07) is 10.6. The number of fused-ring (bicyclic) bond motifs is 1. The lowest BCUT2D eigenvalue weighted by atomic mass is 10.1. The Balaban J connectivity index is 2.33. The molecule has 0 fully saturated rings. The summed E-state index contributed by atoms with van der Waals surface area (Å²) in [5.41, 5.74) is 3.63. The second kappa shape index (κ2) is 5.13. The van der Waals surface area contributed by atoms with Gasteiger partial charge in [-0.1, -0.05) is 18.2 Å². The summed E-state index contributed by atoms with van der Waals surface area (Å²) in [5.74, 6) is 1.01. The maximum atomic E-state index is 13.5. The molecule has 0 radical (unpaired) electrons. The molecule has 106 valence electrons. The Bertz CT molecular complexity index is 828. The summed E-state index contributed by atoms with van der Waals surface area (Å²) in [6.45, 7) is 3.94. The maximum Gasteiger partial charge on any atom is 0.162 e. The fourth-order valence-electron chi connectivity index (χ4n) is 2.44. The van der Waals surface area contributed by atoms with E-state index in [9.17, 15) is 4.39 Å². The van der Waals surface area contributed by atoms with E-state index >= 15 is 0 Å². The van der Waals surface area contributed by atoms with E-state index in [4.69, 9.17) is 0 Å². The Morgan fingerprint density at radius 3 is 2.57 bits per heavy atom. The topological polar surface area (TPSA) is 37.8 Å². The summed E-state index contributed by atoms with van der Waals surface area (Å²) in [6.07, 6.45) is 0. The lowest BCUT2D eigenvalue weighted by Crippen LogP contribution is -2.00. The van der Waals surface area contributed by atoms with Crippen molar-refractivity contribution in [1.82, 2.24) is 9.97 Å². The SMILES string of the molecule is CNc1nc(-c2cc(F)ccc2C)nc2c(C)cccc12. The van der Waals surface area contributed by atoms with Crippen molar-refractivity contribution >= 4 is 16.7 Å². The van der Waals surface area contributed by atoms with Crippen molar-refractivity contribution < 1.29 is 4.39 Å². The second-order valence-corrected chi connectivity index (χ2v) is 5.08. The van der Waals surface area contributed by atoms with E-state index < -0.39 is 0 Å². The highest BCUT2D eigenvalue weighted by Gasteiger charge is 2.12. The van der Waals surface area contributed by atoms with Crippen molar-refractivity contribution in [3.8, 4) is 11.4 Å². The Morgan fingerprint density at radius 2 is 1.81 bits per heavy atom. The number of hydrogen-bond acceptors (Lipinski definition) is 3. The average molecular weight is 281 g/mol. The van der Waals surface area contributed by atoms with E-state index in [1.807, 2.05) is 39.1 Å². The van der Waals surface area contributed by atoms with Gasteiger partial charge in [-0.05, 0) is 43.2 Å². The smallest absolute Gasteiger partial charge is 0.162 e. The molecule has 4 heteroatoms. The molecule has 1 aromatic heterocycles. The van der Waals surface area contributed by atoms with Crippen molar-refractivity contribution in [2.45, 2.75) is 13.8 Å². The minimum absolute atomic E-state index is 0.282. The van der Waals surface area contributed by atoms with Crippen LogP contribution in [0.3, 0.4) is 0 Å². The molecule has 0 atom stereocenters. The van der Waals surface area contributed by atoms with Crippen LogP contribution in [0.4, 0.5) is 10.2 Å². The first-order valence-corrected chi connectivity index (χ1v) is 6.82. The van der Waals surface area contributed by atoms with Crippen LogP contribution in [0.1, 0.15) is 11.1 Å². The highest BCUT2D eigenvalue weighted by atomic mass is 19.1. The quantitative estimate of drug-likeness (QED) is 0.768. The Morgan fingerprint density at radius 1 is 1.00 bits per heavy atom. The summed E-state index contributed by atoms with van der Waals surface area (Å²) in [5, 5.41) is 4.06. The number of nitrogens with zero attached hydrogens (tertiary/aromatic N) is 2. The fourth-order valence-corrected chi connectivity index (χ4v) is 2.44. The summed E-state index contributed by atoms with van der Waals surface area (Å²) >= 11 is 0. The molecule has 0 saturated heterocycles. The summed E-state index contributed by atoms with van der Waals surface area (Å²) < 4.78 is 13.5. The van der Waals surface area contributed by atoms with Crippen molar-refractivity contribution in [2.24, 2.45) is 0 Å². The first-order valence-electron chi connectivity index (χ1n) is 6.82. The van der Waals surface area contributed by atoms with Gasteiger partial charge in [-0.15, -0.1) is 0 Å². The van der Waals surface area contributed by atoms with Gasteiger partial charge < -0.3 is 5.32 Å². The number of hydrogen-bond donors (Lipinski definition) is 1. The molecular weight excluding hydrogens is 265 g/mol. The van der Waals surface area contributed by atoms with E-state index in [2.05, 4.69) is 15.3 Å². The van der Waals surface area contributed by atoms with E-state index in [-0.39, 0.29) is 5.82 Å². The third-order valence-corrected chi connectivity index (χ3v) is 3.61. The van der Waals surface area contributed by atoms with Gasteiger partial charge in [0, 0.05) is 18.0 Å².